The van der Waals surface area contributed by atoms with Crippen LogP contribution >= 0.6 is 0 Å². The highest BCUT2D eigenvalue weighted by atomic mass is 16.5. The van der Waals surface area contributed by atoms with Gasteiger partial charge in [-0.25, -0.2) is 4.79 Å². The summed E-state index contributed by atoms with van der Waals surface area (Å²) in [5.41, 5.74) is 3.16. The molecule has 0 radical (unpaired) electrons. The molecule has 15 heavy (non-hydrogen) atoms. The molecular weight excluding hydrogens is 196 g/mol. The van der Waals surface area contributed by atoms with Crippen molar-refractivity contribution in [1.82, 2.24) is 5.43 Å². The van der Waals surface area contributed by atoms with E-state index in [1.807, 2.05) is 6.07 Å². The Morgan fingerprint density at radius 1 is 1.80 bits per heavy atom. The van der Waals surface area contributed by atoms with Gasteiger partial charge in [0.05, 0.1) is 18.8 Å². The van der Waals surface area contributed by atoms with Crippen LogP contribution in [0.25, 0.3) is 0 Å². The predicted molar refractivity (Wildman–Crippen MR) is 53.5 cm³/mol. The average Bonchev–Trinajstić information content (AvgIpc) is 2.88. The largest absolute Gasteiger partial charge is 0.469 e. The second kappa shape index (κ2) is 4.16. The number of ether oxygens (including phenoxy) is 1. The molecule has 2 heterocycles. The Bertz CT molecular complexity index is 370. The molecule has 1 atom stereocenters. The second-order valence-corrected chi connectivity index (χ2v) is 3.15. The van der Waals surface area contributed by atoms with Gasteiger partial charge in [-0.2, -0.15) is 5.10 Å². The molecule has 1 aliphatic rings. The number of carbonyl (C=O) groups is 1. The molecule has 0 bridgehead atoms. The lowest BCUT2D eigenvalue weighted by atomic mass is 10.0. The normalized spacial score (nSPS) is 19.5. The summed E-state index contributed by atoms with van der Waals surface area (Å²) < 4.78 is 10.2. The van der Waals surface area contributed by atoms with Crippen molar-refractivity contribution in [2.45, 2.75) is 12.8 Å². The van der Waals surface area contributed by atoms with Gasteiger partial charge in [-0.05, 0) is 19.1 Å². The van der Waals surface area contributed by atoms with E-state index in [0.717, 1.165) is 5.76 Å². The molecule has 1 aromatic heterocycles. The minimum atomic E-state index is -0.385. The van der Waals surface area contributed by atoms with E-state index in [4.69, 9.17) is 9.15 Å². The Morgan fingerprint density at radius 2 is 2.67 bits per heavy atom. The van der Waals surface area contributed by atoms with Gasteiger partial charge in [0.2, 0.25) is 0 Å². The van der Waals surface area contributed by atoms with Crippen LogP contribution in [-0.2, 0) is 9.53 Å². The first-order valence-corrected chi connectivity index (χ1v) is 4.84. The molecular formula is C10H12N2O3. The fraction of sp³-hybridized carbons (Fsp3) is 0.400. The van der Waals surface area contributed by atoms with Crippen LogP contribution in [0.4, 0.5) is 0 Å². The maximum absolute atomic E-state index is 11.5. The van der Waals surface area contributed by atoms with Crippen molar-refractivity contribution < 1.29 is 13.9 Å². The smallest absolute Gasteiger partial charge is 0.355 e. The standard InChI is InChI=1S/C10H12N2O3/c1-2-14-10(13)9-7(6-11-12-9)8-4-3-5-15-8/h3-5,7,11H,2,6H2,1H3/t7-/m1/s1. The Kier molecular flexibility index (Phi) is 2.71. The molecule has 5 heteroatoms. The van der Waals surface area contributed by atoms with Crippen LogP contribution in [0.2, 0.25) is 0 Å². The first kappa shape index (κ1) is 9.76. The molecule has 1 N–H and O–H groups in total. The molecule has 0 aliphatic carbocycles. The number of nitrogens with zero attached hydrogens (tertiary/aromatic N) is 1. The lowest BCUT2D eigenvalue weighted by Gasteiger charge is -2.07. The Labute approximate surface area is 87.1 Å². The Morgan fingerprint density at radius 3 is 3.33 bits per heavy atom. The zero-order valence-corrected chi connectivity index (χ0v) is 8.40. The average molecular weight is 208 g/mol. The van der Waals surface area contributed by atoms with Crippen molar-refractivity contribution in [2.75, 3.05) is 13.2 Å². The van der Waals surface area contributed by atoms with E-state index in [9.17, 15) is 4.79 Å². The van der Waals surface area contributed by atoms with Crippen LogP contribution in [0.3, 0.4) is 0 Å². The SMILES string of the molecule is CCOC(=O)C1=NNC[C@@H]1c1ccco1. The molecule has 0 spiro atoms. The van der Waals surface area contributed by atoms with Gasteiger partial charge in [0, 0.05) is 6.54 Å². The van der Waals surface area contributed by atoms with Gasteiger partial charge in [0.15, 0.2) is 5.71 Å². The van der Waals surface area contributed by atoms with Crippen molar-refractivity contribution in [1.29, 1.82) is 0 Å². The number of hydrazone groups is 1. The van der Waals surface area contributed by atoms with Gasteiger partial charge in [-0.15, -0.1) is 0 Å². The van der Waals surface area contributed by atoms with E-state index in [2.05, 4.69) is 10.5 Å². The van der Waals surface area contributed by atoms with Crippen LogP contribution in [0.15, 0.2) is 27.9 Å². The molecule has 80 valence electrons. The first-order chi connectivity index (χ1) is 7.33. The lowest BCUT2D eigenvalue weighted by molar-refractivity contribution is -0.135. The van der Waals surface area contributed by atoms with Gasteiger partial charge >= 0.3 is 5.97 Å². The summed E-state index contributed by atoms with van der Waals surface area (Å²) in [7, 11) is 0. The van der Waals surface area contributed by atoms with E-state index in [0.29, 0.717) is 18.9 Å². The summed E-state index contributed by atoms with van der Waals surface area (Å²) in [6, 6.07) is 3.61. The van der Waals surface area contributed by atoms with Gasteiger partial charge < -0.3 is 14.6 Å². The fourth-order valence-electron chi connectivity index (χ4n) is 1.51. The van der Waals surface area contributed by atoms with Crippen molar-refractivity contribution in [2.24, 2.45) is 5.10 Å². The molecule has 0 aromatic carbocycles. The molecule has 0 saturated carbocycles. The predicted octanol–water partition coefficient (Wildman–Crippen LogP) is 0.885. The highest BCUT2D eigenvalue weighted by Gasteiger charge is 2.31. The van der Waals surface area contributed by atoms with Gasteiger partial charge in [-0.3, -0.25) is 0 Å². The molecule has 0 unspecified atom stereocenters. The zero-order valence-electron chi connectivity index (χ0n) is 8.40. The van der Waals surface area contributed by atoms with Crippen LogP contribution in [0.1, 0.15) is 18.6 Å². The van der Waals surface area contributed by atoms with Crippen molar-refractivity contribution in [3.63, 3.8) is 0 Å². The fourth-order valence-corrected chi connectivity index (χ4v) is 1.51. The maximum Gasteiger partial charge on any atom is 0.355 e. The van der Waals surface area contributed by atoms with Crippen LogP contribution < -0.4 is 5.43 Å². The summed E-state index contributed by atoms with van der Waals surface area (Å²) in [5.74, 6) is 0.203. The van der Waals surface area contributed by atoms with Crippen LogP contribution in [-0.4, -0.2) is 24.8 Å². The molecule has 0 amide bonds. The van der Waals surface area contributed by atoms with Gasteiger partial charge in [-0.1, -0.05) is 0 Å². The topological polar surface area (TPSA) is 63.8 Å². The summed E-state index contributed by atoms with van der Waals surface area (Å²) >= 11 is 0. The van der Waals surface area contributed by atoms with Crippen molar-refractivity contribution in [3.05, 3.63) is 24.2 Å². The first-order valence-electron chi connectivity index (χ1n) is 4.84. The quantitative estimate of drug-likeness (QED) is 0.749. The highest BCUT2D eigenvalue weighted by molar-refractivity contribution is 6.39. The Hall–Kier alpha value is -1.78. The van der Waals surface area contributed by atoms with Gasteiger partial charge in [0.1, 0.15) is 5.76 Å². The minimum absolute atomic E-state index is 0.140. The molecule has 0 fully saturated rings. The summed E-state index contributed by atoms with van der Waals surface area (Å²) in [6.07, 6.45) is 1.58. The number of furan rings is 1. The van der Waals surface area contributed by atoms with Crippen molar-refractivity contribution in [3.8, 4) is 0 Å². The Balaban J connectivity index is 2.15. The second-order valence-electron chi connectivity index (χ2n) is 3.15. The molecule has 5 nitrogen and oxygen atoms in total. The van der Waals surface area contributed by atoms with E-state index in [-0.39, 0.29) is 11.9 Å². The third kappa shape index (κ3) is 1.86. The number of hydrogen-bond acceptors (Lipinski definition) is 5. The lowest BCUT2D eigenvalue weighted by Crippen LogP contribution is -2.23. The summed E-state index contributed by atoms with van der Waals surface area (Å²) in [4.78, 5) is 11.5. The number of hydrogen-bond donors (Lipinski definition) is 1. The van der Waals surface area contributed by atoms with E-state index < -0.39 is 0 Å². The number of rotatable bonds is 3. The summed E-state index contributed by atoms with van der Waals surface area (Å²) in [5, 5.41) is 3.92. The number of esters is 1. The van der Waals surface area contributed by atoms with E-state index in [1.165, 1.54) is 0 Å². The van der Waals surface area contributed by atoms with Gasteiger partial charge in [0.25, 0.3) is 0 Å². The number of carbonyl (C=O) groups excluding carboxylic acids is 1. The third-order valence-electron chi connectivity index (χ3n) is 2.20. The maximum atomic E-state index is 11.5. The van der Waals surface area contributed by atoms with E-state index >= 15 is 0 Å². The highest BCUT2D eigenvalue weighted by Crippen LogP contribution is 2.21. The zero-order chi connectivity index (χ0) is 10.7. The molecule has 1 aromatic rings. The van der Waals surface area contributed by atoms with Crippen molar-refractivity contribution >= 4 is 11.7 Å². The summed E-state index contributed by atoms with van der Waals surface area (Å²) in [6.45, 7) is 2.69. The van der Waals surface area contributed by atoms with E-state index in [1.54, 1.807) is 19.3 Å². The third-order valence-corrected chi connectivity index (χ3v) is 2.20. The monoisotopic (exact) mass is 208 g/mol. The molecule has 2 rings (SSSR count). The molecule has 1 aliphatic heterocycles. The van der Waals surface area contributed by atoms with Crippen LogP contribution in [0, 0.1) is 0 Å². The number of nitrogens with one attached hydrogen (secondary N) is 1. The molecule has 0 saturated heterocycles. The van der Waals surface area contributed by atoms with Crippen LogP contribution in [0.5, 0.6) is 0 Å². The minimum Gasteiger partial charge on any atom is -0.469 e.